The summed E-state index contributed by atoms with van der Waals surface area (Å²) in [5.41, 5.74) is 3.92. The highest BCUT2D eigenvalue weighted by atomic mass is 79.9. The Morgan fingerprint density at radius 3 is 2.60 bits per heavy atom. The Kier molecular flexibility index (Phi) is 5.50. The largest absolute Gasteiger partial charge is 0.381 e. The van der Waals surface area contributed by atoms with Crippen molar-refractivity contribution in [2.24, 2.45) is 0 Å². The number of rotatable bonds is 3. The predicted molar refractivity (Wildman–Crippen MR) is 91.6 cm³/mol. The first-order valence-electron chi connectivity index (χ1n) is 7.74. The van der Waals surface area contributed by atoms with E-state index < -0.39 is 0 Å². The minimum absolute atomic E-state index is 0.594. The molecule has 1 heterocycles. The molecular weight excluding hydrogens is 312 g/mol. The summed E-state index contributed by atoms with van der Waals surface area (Å²) in [6, 6.07) is 5.72. The van der Waals surface area contributed by atoms with Gasteiger partial charge in [0, 0.05) is 23.1 Å². The van der Waals surface area contributed by atoms with Gasteiger partial charge in [-0.3, -0.25) is 0 Å². The Hall–Kier alpha value is -0.540. The third-order valence-electron chi connectivity index (χ3n) is 4.27. The van der Waals surface area contributed by atoms with Crippen LogP contribution in [0.25, 0.3) is 0 Å². The highest BCUT2D eigenvalue weighted by molar-refractivity contribution is 9.10. The van der Waals surface area contributed by atoms with E-state index in [9.17, 15) is 0 Å². The highest BCUT2D eigenvalue weighted by Gasteiger charge is 2.19. The molecule has 2 rings (SSSR count). The number of likely N-dealkylation sites (tertiary alicyclic amines) is 1. The van der Waals surface area contributed by atoms with Crippen LogP contribution in [0.5, 0.6) is 0 Å². The van der Waals surface area contributed by atoms with Crippen LogP contribution in [0.15, 0.2) is 16.6 Å². The van der Waals surface area contributed by atoms with Gasteiger partial charge in [-0.15, -0.1) is 0 Å². The average Bonchev–Trinajstić information content (AvgIpc) is 2.59. The summed E-state index contributed by atoms with van der Waals surface area (Å²) < 4.78 is 1.19. The van der Waals surface area contributed by atoms with Gasteiger partial charge in [0.25, 0.3) is 0 Å². The van der Waals surface area contributed by atoms with Crippen LogP contribution in [0, 0.1) is 13.8 Å². The van der Waals surface area contributed by atoms with Crippen LogP contribution in [0.4, 0.5) is 5.69 Å². The van der Waals surface area contributed by atoms with E-state index in [2.05, 4.69) is 66.0 Å². The third kappa shape index (κ3) is 3.98. The first kappa shape index (κ1) is 15.8. The summed E-state index contributed by atoms with van der Waals surface area (Å²) in [6.07, 6.45) is 3.79. The lowest BCUT2D eigenvalue weighted by Crippen LogP contribution is -2.32. The van der Waals surface area contributed by atoms with E-state index in [0.717, 1.165) is 0 Å². The van der Waals surface area contributed by atoms with Crippen LogP contribution in [0.1, 0.15) is 44.2 Å². The molecule has 2 nitrogen and oxygen atoms in total. The number of anilines is 1. The van der Waals surface area contributed by atoms with Gasteiger partial charge in [0.15, 0.2) is 0 Å². The summed E-state index contributed by atoms with van der Waals surface area (Å²) in [5.74, 6) is 0. The lowest BCUT2D eigenvalue weighted by molar-refractivity contribution is 0.230. The molecule has 0 radical (unpaired) electrons. The van der Waals surface area contributed by atoms with Crippen molar-refractivity contribution in [1.29, 1.82) is 0 Å². The SMILES string of the molecule is Cc1cc(C)c(NC2CCCN(C(C)C)CC2)c(Br)c1. The van der Waals surface area contributed by atoms with Crippen LogP contribution >= 0.6 is 15.9 Å². The maximum Gasteiger partial charge on any atom is 0.0516 e. The number of halogens is 1. The highest BCUT2D eigenvalue weighted by Crippen LogP contribution is 2.30. The molecule has 0 spiro atoms. The molecule has 112 valence electrons. The zero-order valence-corrected chi connectivity index (χ0v) is 14.8. The molecule has 1 atom stereocenters. The number of hydrogen-bond acceptors (Lipinski definition) is 2. The summed E-state index contributed by atoms with van der Waals surface area (Å²) >= 11 is 3.71. The molecule has 3 heteroatoms. The number of benzene rings is 1. The van der Waals surface area contributed by atoms with Gasteiger partial charge in [-0.1, -0.05) is 6.07 Å². The van der Waals surface area contributed by atoms with Crippen molar-refractivity contribution < 1.29 is 0 Å². The van der Waals surface area contributed by atoms with Crippen LogP contribution in [0.2, 0.25) is 0 Å². The van der Waals surface area contributed by atoms with Crippen molar-refractivity contribution in [2.45, 2.75) is 59.0 Å². The van der Waals surface area contributed by atoms with Crippen LogP contribution in [-0.2, 0) is 0 Å². The second-order valence-corrected chi connectivity index (χ2v) is 7.19. The predicted octanol–water partition coefficient (Wildman–Crippen LogP) is 4.74. The zero-order valence-electron chi connectivity index (χ0n) is 13.2. The minimum atomic E-state index is 0.594. The quantitative estimate of drug-likeness (QED) is 0.856. The van der Waals surface area contributed by atoms with Gasteiger partial charge in [0.2, 0.25) is 0 Å². The molecule has 1 aliphatic heterocycles. The molecule has 20 heavy (non-hydrogen) atoms. The molecule has 1 fully saturated rings. The molecule has 0 aliphatic carbocycles. The van der Waals surface area contributed by atoms with Gasteiger partial charge in [-0.25, -0.2) is 0 Å². The Labute approximate surface area is 132 Å². The van der Waals surface area contributed by atoms with Crippen molar-refractivity contribution in [3.63, 3.8) is 0 Å². The molecule has 0 aromatic heterocycles. The van der Waals surface area contributed by atoms with E-state index in [1.807, 2.05) is 0 Å². The average molecular weight is 339 g/mol. The fourth-order valence-electron chi connectivity index (χ4n) is 3.08. The van der Waals surface area contributed by atoms with E-state index in [1.54, 1.807) is 0 Å². The molecule has 1 aromatic rings. The number of hydrogen-bond donors (Lipinski definition) is 1. The van der Waals surface area contributed by atoms with Gasteiger partial charge in [-0.2, -0.15) is 0 Å². The van der Waals surface area contributed by atoms with E-state index in [0.29, 0.717) is 12.1 Å². The van der Waals surface area contributed by atoms with Crippen molar-refractivity contribution in [2.75, 3.05) is 18.4 Å². The summed E-state index contributed by atoms with van der Waals surface area (Å²) in [7, 11) is 0. The van der Waals surface area contributed by atoms with Crippen LogP contribution < -0.4 is 5.32 Å². The summed E-state index contributed by atoms with van der Waals surface area (Å²) in [5, 5.41) is 3.77. The molecule has 0 saturated carbocycles. The number of nitrogens with zero attached hydrogens (tertiary/aromatic N) is 1. The van der Waals surface area contributed by atoms with Crippen molar-refractivity contribution in [1.82, 2.24) is 4.90 Å². The summed E-state index contributed by atoms with van der Waals surface area (Å²) in [6.45, 7) is 11.4. The Morgan fingerprint density at radius 1 is 1.20 bits per heavy atom. The second kappa shape index (κ2) is 6.95. The number of nitrogens with one attached hydrogen (secondary N) is 1. The van der Waals surface area contributed by atoms with Gasteiger partial charge in [-0.05, 0) is 86.6 Å². The molecular formula is C17H27BrN2. The topological polar surface area (TPSA) is 15.3 Å². The molecule has 1 aromatic carbocycles. The Balaban J connectivity index is 2.04. The molecule has 0 amide bonds. The van der Waals surface area contributed by atoms with Crippen LogP contribution in [-0.4, -0.2) is 30.1 Å². The smallest absolute Gasteiger partial charge is 0.0516 e. The third-order valence-corrected chi connectivity index (χ3v) is 4.90. The molecule has 1 saturated heterocycles. The Morgan fingerprint density at radius 2 is 1.95 bits per heavy atom. The molecule has 1 aliphatic rings. The molecule has 1 unspecified atom stereocenters. The van der Waals surface area contributed by atoms with Gasteiger partial charge in [0.05, 0.1) is 5.69 Å². The van der Waals surface area contributed by atoms with Gasteiger partial charge < -0.3 is 10.2 Å². The summed E-state index contributed by atoms with van der Waals surface area (Å²) in [4.78, 5) is 2.60. The van der Waals surface area contributed by atoms with E-state index >= 15 is 0 Å². The normalized spacial score (nSPS) is 21.0. The second-order valence-electron chi connectivity index (χ2n) is 6.34. The minimum Gasteiger partial charge on any atom is -0.381 e. The van der Waals surface area contributed by atoms with Crippen molar-refractivity contribution >= 4 is 21.6 Å². The maximum atomic E-state index is 3.77. The number of aryl methyl sites for hydroxylation is 2. The lowest BCUT2D eigenvalue weighted by atomic mass is 10.1. The monoisotopic (exact) mass is 338 g/mol. The molecule has 0 bridgehead atoms. The lowest BCUT2D eigenvalue weighted by Gasteiger charge is -2.25. The first-order chi connectivity index (χ1) is 9.47. The Bertz CT molecular complexity index is 433. The standard InChI is InChI=1S/C17H27BrN2/c1-12(2)20-8-5-6-15(7-9-20)19-17-14(4)10-13(3)11-16(17)18/h10-12,15,19H,5-9H2,1-4H3. The van der Waals surface area contributed by atoms with E-state index in [1.165, 1.54) is 53.6 Å². The molecule has 1 N–H and O–H groups in total. The van der Waals surface area contributed by atoms with Gasteiger partial charge >= 0.3 is 0 Å². The van der Waals surface area contributed by atoms with Crippen LogP contribution in [0.3, 0.4) is 0 Å². The van der Waals surface area contributed by atoms with E-state index in [-0.39, 0.29) is 0 Å². The zero-order chi connectivity index (χ0) is 14.7. The van der Waals surface area contributed by atoms with Crippen molar-refractivity contribution in [3.05, 3.63) is 27.7 Å². The van der Waals surface area contributed by atoms with Crippen molar-refractivity contribution in [3.8, 4) is 0 Å². The van der Waals surface area contributed by atoms with Gasteiger partial charge in [0.1, 0.15) is 0 Å². The van der Waals surface area contributed by atoms with E-state index in [4.69, 9.17) is 0 Å². The fourth-order valence-corrected chi connectivity index (χ4v) is 3.87. The first-order valence-corrected chi connectivity index (χ1v) is 8.54. The fraction of sp³-hybridized carbons (Fsp3) is 0.647. The maximum absolute atomic E-state index is 3.77.